The molecule has 0 saturated heterocycles. The Hall–Kier alpha value is -1.08. The van der Waals surface area contributed by atoms with Gasteiger partial charge in [0.2, 0.25) is 0 Å². The Kier molecular flexibility index (Phi) is 1.18. The van der Waals surface area contributed by atoms with Crippen LogP contribution in [0.3, 0.4) is 0 Å². The lowest BCUT2D eigenvalue weighted by molar-refractivity contribution is 1.47. The van der Waals surface area contributed by atoms with Crippen molar-refractivity contribution in [3.63, 3.8) is 0 Å². The molecule has 2 radical (unpaired) electrons. The molecule has 0 saturated carbocycles. The smallest absolute Gasteiger partial charge is 0.0629 e. The lowest BCUT2D eigenvalue weighted by Gasteiger charge is -1.99. The number of benzene rings is 2. The minimum Gasteiger partial charge on any atom is -0.0629 e. The summed E-state index contributed by atoms with van der Waals surface area (Å²) in [7, 11) is 0.995. The van der Waals surface area contributed by atoms with E-state index in [1.54, 1.807) is 10.8 Å². The molecule has 56 valence electrons. The molecule has 12 heavy (non-hydrogen) atoms. The molecule has 1 aliphatic heterocycles. The molecule has 3 rings (SSSR count). The predicted molar refractivity (Wildman–Crippen MR) is 53.0 cm³/mol. The topological polar surface area (TPSA) is 0 Å². The molecule has 0 aromatic heterocycles. The van der Waals surface area contributed by atoms with Crippen LogP contribution in [0.15, 0.2) is 36.4 Å². The van der Waals surface area contributed by atoms with Crippen molar-refractivity contribution >= 4 is 25.5 Å². The van der Waals surface area contributed by atoms with Gasteiger partial charge in [0.15, 0.2) is 0 Å². The molecular weight excluding hydrogens is 160 g/mol. The molecule has 0 unspecified atom stereocenters. The highest BCUT2D eigenvalue weighted by atomic mass is 28.2. The summed E-state index contributed by atoms with van der Waals surface area (Å²) in [6.45, 7) is 0. The fourth-order valence-electron chi connectivity index (χ4n) is 1.90. The molecule has 0 fully saturated rings. The van der Waals surface area contributed by atoms with Crippen molar-refractivity contribution in [2.24, 2.45) is 0 Å². The van der Waals surface area contributed by atoms with Crippen LogP contribution in [0.2, 0.25) is 0 Å². The van der Waals surface area contributed by atoms with Crippen LogP contribution < -0.4 is 5.19 Å². The van der Waals surface area contributed by atoms with Crippen molar-refractivity contribution in [3.05, 3.63) is 42.0 Å². The summed E-state index contributed by atoms with van der Waals surface area (Å²) >= 11 is 0. The fourth-order valence-corrected chi connectivity index (χ4v) is 3.28. The van der Waals surface area contributed by atoms with E-state index >= 15 is 0 Å². The maximum Gasteiger partial charge on any atom is 0.0864 e. The van der Waals surface area contributed by atoms with Crippen LogP contribution in [0.1, 0.15) is 5.56 Å². The highest BCUT2D eigenvalue weighted by Crippen LogP contribution is 2.20. The SMILES string of the molecule is c1cc2c3c(cccc3c1)[Si]C2. The predicted octanol–water partition coefficient (Wildman–Crippen LogP) is 1.68. The maximum absolute atomic E-state index is 2.26. The van der Waals surface area contributed by atoms with Crippen molar-refractivity contribution in [1.82, 2.24) is 0 Å². The average molecular weight is 168 g/mol. The number of hydrogen-bond donors (Lipinski definition) is 0. The van der Waals surface area contributed by atoms with E-state index < -0.39 is 0 Å². The van der Waals surface area contributed by atoms with Gasteiger partial charge in [0.05, 0.1) is 9.52 Å². The van der Waals surface area contributed by atoms with Gasteiger partial charge in [-0.3, -0.25) is 0 Å². The van der Waals surface area contributed by atoms with E-state index in [1.165, 1.54) is 16.8 Å². The molecule has 2 aromatic carbocycles. The third-order valence-corrected chi connectivity index (χ3v) is 3.82. The number of hydrogen-bond acceptors (Lipinski definition) is 0. The van der Waals surface area contributed by atoms with E-state index in [2.05, 4.69) is 36.4 Å². The zero-order chi connectivity index (χ0) is 7.97. The lowest BCUT2D eigenvalue weighted by Crippen LogP contribution is -2.08. The summed E-state index contributed by atoms with van der Waals surface area (Å²) in [4.78, 5) is 0. The van der Waals surface area contributed by atoms with Crippen LogP contribution in [0.5, 0.6) is 0 Å². The van der Waals surface area contributed by atoms with Crippen molar-refractivity contribution < 1.29 is 0 Å². The summed E-state index contributed by atoms with van der Waals surface area (Å²) in [5.74, 6) is 0. The van der Waals surface area contributed by atoms with Gasteiger partial charge in [-0.05, 0) is 22.4 Å². The largest absolute Gasteiger partial charge is 0.0864 e. The van der Waals surface area contributed by atoms with E-state index in [0.717, 1.165) is 9.52 Å². The molecule has 1 heteroatoms. The molecule has 2 aromatic rings. The van der Waals surface area contributed by atoms with E-state index in [-0.39, 0.29) is 0 Å². The van der Waals surface area contributed by atoms with Crippen LogP contribution in [-0.2, 0) is 6.04 Å². The molecule has 0 spiro atoms. The second-order valence-corrected chi connectivity index (χ2v) is 4.42. The van der Waals surface area contributed by atoms with Gasteiger partial charge in [-0.25, -0.2) is 0 Å². The summed E-state index contributed by atoms with van der Waals surface area (Å²) in [5.41, 5.74) is 1.54. The first kappa shape index (κ1) is 6.43. The van der Waals surface area contributed by atoms with E-state index in [9.17, 15) is 0 Å². The van der Waals surface area contributed by atoms with Gasteiger partial charge in [0.1, 0.15) is 0 Å². The summed E-state index contributed by atoms with van der Waals surface area (Å²) in [6, 6.07) is 14.5. The molecule has 0 amide bonds. The lowest BCUT2D eigenvalue weighted by atomic mass is 10.1. The molecule has 1 aliphatic rings. The molecule has 0 aliphatic carbocycles. The highest BCUT2D eigenvalue weighted by Gasteiger charge is 2.12. The Morgan fingerprint density at radius 3 is 2.75 bits per heavy atom. The molecule has 0 nitrogen and oxygen atoms in total. The molecule has 0 atom stereocenters. The Labute approximate surface area is 74.0 Å². The van der Waals surface area contributed by atoms with Crippen LogP contribution >= 0.6 is 0 Å². The average Bonchev–Trinajstić information content (AvgIpc) is 2.52. The Morgan fingerprint density at radius 1 is 1.00 bits per heavy atom. The van der Waals surface area contributed by atoms with Gasteiger partial charge in [0.25, 0.3) is 0 Å². The van der Waals surface area contributed by atoms with Gasteiger partial charge >= 0.3 is 0 Å². The first-order chi connectivity index (χ1) is 5.95. The maximum atomic E-state index is 2.26. The fraction of sp³-hybridized carbons (Fsp3) is 0.0909. The summed E-state index contributed by atoms with van der Waals surface area (Å²) < 4.78 is 0. The Balaban J connectivity index is 2.58. The quantitative estimate of drug-likeness (QED) is 0.525. The summed E-state index contributed by atoms with van der Waals surface area (Å²) in [5, 5.41) is 4.50. The van der Waals surface area contributed by atoms with Crippen molar-refractivity contribution in [2.45, 2.75) is 6.04 Å². The van der Waals surface area contributed by atoms with Crippen molar-refractivity contribution in [1.29, 1.82) is 0 Å². The van der Waals surface area contributed by atoms with Crippen LogP contribution in [0.25, 0.3) is 10.8 Å². The summed E-state index contributed by atoms with van der Waals surface area (Å²) in [6.07, 6.45) is 0. The van der Waals surface area contributed by atoms with Gasteiger partial charge in [-0.2, -0.15) is 0 Å². The van der Waals surface area contributed by atoms with Gasteiger partial charge in [-0.1, -0.05) is 41.6 Å². The minimum atomic E-state index is 0.995. The molecule has 0 N–H and O–H groups in total. The normalized spacial score (nSPS) is 14.0. The van der Waals surface area contributed by atoms with Crippen molar-refractivity contribution in [2.75, 3.05) is 0 Å². The zero-order valence-corrected chi connectivity index (χ0v) is 7.67. The van der Waals surface area contributed by atoms with E-state index in [4.69, 9.17) is 0 Å². The zero-order valence-electron chi connectivity index (χ0n) is 6.67. The second-order valence-electron chi connectivity index (χ2n) is 3.17. The standard InChI is InChI=1S/C11H8Si/c1-3-8-4-2-6-10-11(8)9(5-1)7-12-10/h1-6H,7H2. The third kappa shape index (κ3) is 0.717. The van der Waals surface area contributed by atoms with Gasteiger partial charge < -0.3 is 0 Å². The molecular formula is C11H8Si. The first-order valence-corrected chi connectivity index (χ1v) is 5.40. The Morgan fingerprint density at radius 2 is 1.83 bits per heavy atom. The van der Waals surface area contributed by atoms with Gasteiger partial charge in [-0.15, -0.1) is 0 Å². The first-order valence-electron chi connectivity index (χ1n) is 4.20. The van der Waals surface area contributed by atoms with E-state index in [1.807, 2.05) is 0 Å². The minimum absolute atomic E-state index is 0.995. The highest BCUT2D eigenvalue weighted by molar-refractivity contribution is 6.59. The van der Waals surface area contributed by atoms with Crippen molar-refractivity contribution in [3.8, 4) is 0 Å². The van der Waals surface area contributed by atoms with E-state index in [0.29, 0.717) is 0 Å². The number of rotatable bonds is 0. The molecule has 1 heterocycles. The second kappa shape index (κ2) is 2.20. The van der Waals surface area contributed by atoms with Crippen LogP contribution in [0.4, 0.5) is 0 Å². The van der Waals surface area contributed by atoms with Crippen LogP contribution in [0, 0.1) is 0 Å². The third-order valence-electron chi connectivity index (χ3n) is 2.46. The molecule has 0 bridgehead atoms. The monoisotopic (exact) mass is 168 g/mol. The van der Waals surface area contributed by atoms with Gasteiger partial charge in [0, 0.05) is 0 Å². The Bertz CT molecular complexity index is 407. The van der Waals surface area contributed by atoms with Crippen LogP contribution in [-0.4, -0.2) is 9.52 Å².